The first-order valence-electron chi connectivity index (χ1n) is 4.94. The molecule has 0 saturated heterocycles. The van der Waals surface area contributed by atoms with Gasteiger partial charge in [-0.05, 0) is 22.7 Å². The predicted octanol–water partition coefficient (Wildman–Crippen LogP) is 4.31. The van der Waals surface area contributed by atoms with Crippen molar-refractivity contribution in [2.75, 3.05) is 0 Å². The summed E-state index contributed by atoms with van der Waals surface area (Å²) in [5.74, 6) is 2.32. The molecular weight excluding hydrogens is 144 g/mol. The van der Waals surface area contributed by atoms with Gasteiger partial charge in [0.25, 0.3) is 0 Å². The Kier molecular flexibility index (Phi) is 3.40. The molecule has 0 nitrogen and oxygen atoms in total. The summed E-state index contributed by atoms with van der Waals surface area (Å²) in [6.45, 7) is 18.5. The molecule has 0 unspecified atom stereocenters. The SMILES string of the molecule is C[C](C(C)(C)C)C(C)(C)C(C)C. The highest BCUT2D eigenvalue weighted by Gasteiger charge is 2.36. The van der Waals surface area contributed by atoms with Gasteiger partial charge >= 0.3 is 0 Å². The van der Waals surface area contributed by atoms with Crippen molar-refractivity contribution < 1.29 is 0 Å². The van der Waals surface area contributed by atoms with E-state index in [0.29, 0.717) is 10.8 Å². The second-order valence-electron chi connectivity index (χ2n) is 5.75. The molecule has 0 aromatic carbocycles. The molecule has 1 radical (unpaired) electrons. The summed E-state index contributed by atoms with van der Waals surface area (Å²) < 4.78 is 0. The van der Waals surface area contributed by atoms with Gasteiger partial charge in [-0.25, -0.2) is 0 Å². The topological polar surface area (TPSA) is 0 Å². The second kappa shape index (κ2) is 3.40. The molecule has 0 spiro atoms. The molecule has 0 atom stereocenters. The molecule has 0 aromatic rings. The van der Waals surface area contributed by atoms with Crippen molar-refractivity contribution in [2.24, 2.45) is 16.7 Å². The molecule has 0 amide bonds. The van der Waals surface area contributed by atoms with Crippen molar-refractivity contribution in [2.45, 2.75) is 55.4 Å². The minimum Gasteiger partial charge on any atom is -0.0622 e. The Balaban J connectivity index is 4.57. The minimum absolute atomic E-state index is 0.341. The molecule has 12 heavy (non-hydrogen) atoms. The lowest BCUT2D eigenvalue weighted by atomic mass is 9.62. The Morgan fingerprint density at radius 3 is 1.33 bits per heavy atom. The molecule has 0 heterocycles. The number of rotatable bonds is 2. The molecule has 0 aromatic heterocycles. The maximum atomic E-state index is 2.35. The van der Waals surface area contributed by atoms with Gasteiger partial charge in [-0.3, -0.25) is 0 Å². The van der Waals surface area contributed by atoms with Crippen LogP contribution in [0.2, 0.25) is 0 Å². The van der Waals surface area contributed by atoms with E-state index in [4.69, 9.17) is 0 Å². The summed E-state index contributed by atoms with van der Waals surface area (Å²) in [5, 5.41) is 0. The van der Waals surface area contributed by atoms with Crippen molar-refractivity contribution in [3.05, 3.63) is 5.92 Å². The van der Waals surface area contributed by atoms with Crippen molar-refractivity contribution in [1.29, 1.82) is 0 Å². The maximum absolute atomic E-state index is 2.35. The van der Waals surface area contributed by atoms with Crippen molar-refractivity contribution >= 4 is 0 Å². The molecule has 0 N–H and O–H groups in total. The van der Waals surface area contributed by atoms with Crippen LogP contribution < -0.4 is 0 Å². The monoisotopic (exact) mass is 169 g/mol. The van der Waals surface area contributed by atoms with Gasteiger partial charge < -0.3 is 0 Å². The average molecular weight is 169 g/mol. The highest BCUT2D eigenvalue weighted by Crippen LogP contribution is 2.45. The van der Waals surface area contributed by atoms with Crippen molar-refractivity contribution in [3.8, 4) is 0 Å². The highest BCUT2D eigenvalue weighted by molar-refractivity contribution is 5.08. The first-order chi connectivity index (χ1) is 5.10. The summed E-state index contributed by atoms with van der Waals surface area (Å²) in [7, 11) is 0. The maximum Gasteiger partial charge on any atom is -0.0160 e. The van der Waals surface area contributed by atoms with E-state index in [1.54, 1.807) is 5.92 Å². The standard InChI is InChI=1S/C12H25/c1-9(2)12(7,8)10(3)11(4,5)6/h9H,1-8H3. The fourth-order valence-corrected chi connectivity index (χ4v) is 1.40. The molecule has 0 aliphatic carbocycles. The van der Waals surface area contributed by atoms with Gasteiger partial charge in [0.2, 0.25) is 0 Å². The first kappa shape index (κ1) is 12.0. The molecule has 73 valence electrons. The van der Waals surface area contributed by atoms with Crippen LogP contribution in [0.4, 0.5) is 0 Å². The van der Waals surface area contributed by atoms with E-state index in [0.717, 1.165) is 5.92 Å². The van der Waals surface area contributed by atoms with Gasteiger partial charge in [-0.2, -0.15) is 0 Å². The number of hydrogen-bond donors (Lipinski definition) is 0. The molecule has 0 fully saturated rings. The average Bonchev–Trinajstić information content (AvgIpc) is 1.83. The molecule has 0 saturated carbocycles. The zero-order valence-electron chi connectivity index (χ0n) is 10.1. The second-order valence-corrected chi connectivity index (χ2v) is 5.75. The zero-order chi connectivity index (χ0) is 10.2. The van der Waals surface area contributed by atoms with E-state index in [2.05, 4.69) is 55.4 Å². The van der Waals surface area contributed by atoms with Crippen LogP contribution in [-0.4, -0.2) is 0 Å². The minimum atomic E-state index is 0.341. The van der Waals surface area contributed by atoms with Gasteiger partial charge in [0.05, 0.1) is 0 Å². The van der Waals surface area contributed by atoms with Crippen molar-refractivity contribution in [3.63, 3.8) is 0 Å². The van der Waals surface area contributed by atoms with Crippen LogP contribution in [0.3, 0.4) is 0 Å². The fourth-order valence-electron chi connectivity index (χ4n) is 1.40. The lowest BCUT2D eigenvalue weighted by Crippen LogP contribution is -2.34. The Morgan fingerprint density at radius 1 is 0.917 bits per heavy atom. The Hall–Kier alpha value is 0. The van der Waals surface area contributed by atoms with E-state index in [-0.39, 0.29) is 0 Å². The van der Waals surface area contributed by atoms with Gasteiger partial charge in [-0.15, -0.1) is 0 Å². The van der Waals surface area contributed by atoms with Gasteiger partial charge in [0.15, 0.2) is 0 Å². The van der Waals surface area contributed by atoms with Crippen LogP contribution in [-0.2, 0) is 0 Å². The Labute approximate surface area is 78.8 Å². The predicted molar refractivity (Wildman–Crippen MR) is 57.0 cm³/mol. The van der Waals surface area contributed by atoms with E-state index in [1.807, 2.05) is 0 Å². The largest absolute Gasteiger partial charge is 0.0622 e. The summed E-state index contributed by atoms with van der Waals surface area (Å²) in [4.78, 5) is 0. The molecule has 0 rings (SSSR count). The fraction of sp³-hybridized carbons (Fsp3) is 0.917. The highest BCUT2D eigenvalue weighted by atomic mass is 14.4. The molecular formula is C12H25. The number of hydrogen-bond acceptors (Lipinski definition) is 0. The van der Waals surface area contributed by atoms with Crippen LogP contribution in [0.25, 0.3) is 0 Å². The Bertz CT molecular complexity index is 135. The molecule has 0 aliphatic heterocycles. The van der Waals surface area contributed by atoms with E-state index in [9.17, 15) is 0 Å². The third-order valence-corrected chi connectivity index (χ3v) is 3.53. The van der Waals surface area contributed by atoms with Crippen molar-refractivity contribution in [1.82, 2.24) is 0 Å². The third kappa shape index (κ3) is 2.50. The van der Waals surface area contributed by atoms with Gasteiger partial charge in [0.1, 0.15) is 0 Å². The summed E-state index contributed by atoms with van der Waals surface area (Å²) in [5.41, 5.74) is 0.700. The summed E-state index contributed by atoms with van der Waals surface area (Å²) in [6.07, 6.45) is 0. The van der Waals surface area contributed by atoms with Gasteiger partial charge in [-0.1, -0.05) is 55.4 Å². The van der Waals surface area contributed by atoms with Crippen LogP contribution in [0.15, 0.2) is 0 Å². The Morgan fingerprint density at radius 2 is 1.25 bits per heavy atom. The van der Waals surface area contributed by atoms with Crippen LogP contribution >= 0.6 is 0 Å². The molecule has 0 bridgehead atoms. The van der Waals surface area contributed by atoms with Crippen LogP contribution in [0.1, 0.15) is 55.4 Å². The molecule has 0 heteroatoms. The lowest BCUT2D eigenvalue weighted by Gasteiger charge is -2.43. The molecule has 0 aliphatic rings. The quantitative estimate of drug-likeness (QED) is 0.578. The van der Waals surface area contributed by atoms with E-state index >= 15 is 0 Å². The zero-order valence-corrected chi connectivity index (χ0v) is 10.1. The summed E-state index contributed by atoms with van der Waals surface area (Å²) in [6, 6.07) is 0. The van der Waals surface area contributed by atoms with E-state index in [1.165, 1.54) is 0 Å². The smallest absolute Gasteiger partial charge is 0.0160 e. The lowest BCUT2D eigenvalue weighted by molar-refractivity contribution is 0.195. The van der Waals surface area contributed by atoms with Crippen LogP contribution in [0.5, 0.6) is 0 Å². The van der Waals surface area contributed by atoms with E-state index < -0.39 is 0 Å². The normalized spacial score (nSPS) is 14.5. The van der Waals surface area contributed by atoms with Gasteiger partial charge in [0, 0.05) is 0 Å². The van der Waals surface area contributed by atoms with Crippen LogP contribution in [0, 0.1) is 22.7 Å². The third-order valence-electron chi connectivity index (χ3n) is 3.53. The summed E-state index contributed by atoms with van der Waals surface area (Å²) >= 11 is 0. The first-order valence-corrected chi connectivity index (χ1v) is 4.94.